The van der Waals surface area contributed by atoms with Gasteiger partial charge in [-0.05, 0) is 91.3 Å². The van der Waals surface area contributed by atoms with E-state index in [-0.39, 0.29) is 16.9 Å². The molecule has 1 heterocycles. The number of rotatable bonds is 5. The molecule has 2 nitrogen and oxygen atoms in total. The van der Waals surface area contributed by atoms with Gasteiger partial charge in [0.1, 0.15) is 0 Å². The smallest absolute Gasteiger partial charge is 0.0947 e. The molecule has 6 aromatic rings. The van der Waals surface area contributed by atoms with Crippen LogP contribution in [0.25, 0.3) is 28.1 Å². The second kappa shape index (κ2) is 12.4. The number of nitrogens with zero attached hydrogens (tertiary/aromatic N) is 1. The Kier molecular flexibility index (Phi) is 7.56. The topological polar surface area (TPSA) is 24.4 Å². The quantitative estimate of drug-likeness (QED) is 0.190. The molecule has 0 aromatic heterocycles. The molecular weight excluding hydrogens is 653 g/mol. The van der Waals surface area contributed by atoms with Gasteiger partial charge in [0.2, 0.25) is 0 Å². The van der Waals surface area contributed by atoms with E-state index in [2.05, 4.69) is 191 Å². The van der Waals surface area contributed by atoms with Crippen molar-refractivity contribution in [1.29, 1.82) is 0 Å². The van der Waals surface area contributed by atoms with Crippen LogP contribution in [0.1, 0.15) is 103 Å². The molecule has 0 fully saturated rings. The predicted octanol–water partition coefficient (Wildman–Crippen LogP) is 12.5. The molecule has 0 saturated heterocycles. The van der Waals surface area contributed by atoms with Gasteiger partial charge < -0.3 is 5.32 Å². The van der Waals surface area contributed by atoms with Crippen LogP contribution in [-0.4, -0.2) is 5.71 Å². The lowest BCUT2D eigenvalue weighted by Gasteiger charge is -2.34. The van der Waals surface area contributed by atoms with Crippen molar-refractivity contribution in [3.63, 3.8) is 0 Å². The largest absolute Gasteiger partial charge is 0.370 e. The van der Waals surface area contributed by atoms with Crippen LogP contribution < -0.4 is 5.32 Å². The van der Waals surface area contributed by atoms with Crippen LogP contribution in [0.15, 0.2) is 163 Å². The zero-order chi connectivity index (χ0) is 36.6. The average molecular weight is 699 g/mol. The van der Waals surface area contributed by atoms with Gasteiger partial charge in [-0.3, -0.25) is 0 Å². The van der Waals surface area contributed by atoms with Gasteiger partial charge in [0, 0.05) is 11.0 Å². The third kappa shape index (κ3) is 5.11. The van der Waals surface area contributed by atoms with Crippen LogP contribution in [0, 0.1) is 5.92 Å². The molecule has 0 spiro atoms. The Labute approximate surface area is 320 Å². The number of aliphatic imine (C=N–C) groups is 1. The maximum atomic E-state index is 5.53. The van der Waals surface area contributed by atoms with E-state index in [1.807, 2.05) is 0 Å². The first-order chi connectivity index (χ1) is 26.3. The van der Waals surface area contributed by atoms with Gasteiger partial charge in [0.15, 0.2) is 0 Å². The van der Waals surface area contributed by atoms with E-state index in [0.717, 1.165) is 40.2 Å². The van der Waals surface area contributed by atoms with Crippen molar-refractivity contribution >= 4 is 22.7 Å². The van der Waals surface area contributed by atoms with E-state index in [9.17, 15) is 0 Å². The van der Waals surface area contributed by atoms with Crippen molar-refractivity contribution in [3.8, 4) is 11.1 Å². The Morgan fingerprint density at radius 3 is 1.93 bits per heavy atom. The highest BCUT2D eigenvalue weighted by Gasteiger charge is 2.48. The maximum absolute atomic E-state index is 5.53. The number of fused-ring (bicyclic) bond motifs is 6. The van der Waals surface area contributed by atoms with Crippen molar-refractivity contribution in [2.24, 2.45) is 10.9 Å². The SMILES string of the molecule is CC1(C)c2ccccc2-c2cc3c(cc21)C(C)(C)C1C=C(c2ccc(C4=C(c5ccccc5)NC(c5ccccc5)C(c5ccccc5)=N4)cc2)CCC31. The Morgan fingerprint density at radius 2 is 1.20 bits per heavy atom. The van der Waals surface area contributed by atoms with E-state index in [0.29, 0.717) is 11.8 Å². The van der Waals surface area contributed by atoms with Crippen LogP contribution in [0.5, 0.6) is 0 Å². The summed E-state index contributed by atoms with van der Waals surface area (Å²) in [6, 6.07) is 55.3. The van der Waals surface area contributed by atoms with Gasteiger partial charge in [0.05, 0.1) is 23.1 Å². The lowest BCUT2D eigenvalue weighted by atomic mass is 9.70. The van der Waals surface area contributed by atoms with Crippen LogP contribution >= 0.6 is 0 Å². The van der Waals surface area contributed by atoms with Crippen LogP contribution in [-0.2, 0) is 10.8 Å². The van der Waals surface area contributed by atoms with E-state index < -0.39 is 0 Å². The van der Waals surface area contributed by atoms with Crippen LogP contribution in [0.4, 0.5) is 0 Å². The van der Waals surface area contributed by atoms with Crippen LogP contribution in [0.2, 0.25) is 0 Å². The summed E-state index contributed by atoms with van der Waals surface area (Å²) >= 11 is 0. The van der Waals surface area contributed by atoms with E-state index in [1.165, 1.54) is 45.4 Å². The maximum Gasteiger partial charge on any atom is 0.0947 e. The van der Waals surface area contributed by atoms with Crippen molar-refractivity contribution in [1.82, 2.24) is 5.32 Å². The Balaban J connectivity index is 1.02. The minimum absolute atomic E-state index is 0.0194. The first-order valence-electron chi connectivity index (χ1n) is 19.6. The molecule has 54 heavy (non-hydrogen) atoms. The molecule has 3 aliphatic carbocycles. The summed E-state index contributed by atoms with van der Waals surface area (Å²) in [4.78, 5) is 5.53. The van der Waals surface area contributed by atoms with Crippen molar-refractivity contribution in [2.45, 2.75) is 63.3 Å². The predicted molar refractivity (Wildman–Crippen MR) is 225 cm³/mol. The van der Waals surface area contributed by atoms with Crippen LogP contribution in [0.3, 0.4) is 0 Å². The fourth-order valence-electron chi connectivity index (χ4n) is 10.1. The summed E-state index contributed by atoms with van der Waals surface area (Å²) in [7, 11) is 0. The molecule has 6 aromatic carbocycles. The molecule has 0 amide bonds. The van der Waals surface area contributed by atoms with E-state index >= 15 is 0 Å². The highest BCUT2D eigenvalue weighted by Crippen LogP contribution is 2.60. The molecule has 3 atom stereocenters. The van der Waals surface area contributed by atoms with Gasteiger partial charge in [0.25, 0.3) is 0 Å². The minimum atomic E-state index is -0.0759. The van der Waals surface area contributed by atoms with E-state index in [1.54, 1.807) is 11.1 Å². The second-order valence-electron chi connectivity index (χ2n) is 16.8. The Morgan fingerprint density at radius 1 is 0.574 bits per heavy atom. The second-order valence-corrected chi connectivity index (χ2v) is 16.8. The molecule has 0 radical (unpaired) electrons. The molecular formula is C52H46N2. The zero-order valence-electron chi connectivity index (χ0n) is 31.6. The highest BCUT2D eigenvalue weighted by atomic mass is 15.0. The van der Waals surface area contributed by atoms with E-state index in [4.69, 9.17) is 4.99 Å². The fraction of sp³-hybridized carbons (Fsp3) is 0.212. The first kappa shape index (κ1) is 32.9. The summed E-state index contributed by atoms with van der Waals surface area (Å²) < 4.78 is 0. The van der Waals surface area contributed by atoms with Gasteiger partial charge >= 0.3 is 0 Å². The normalized spacial score (nSPS) is 21.6. The molecule has 10 rings (SSSR count). The lowest BCUT2D eigenvalue weighted by molar-refractivity contribution is 0.350. The lowest BCUT2D eigenvalue weighted by Crippen LogP contribution is -2.32. The summed E-state index contributed by atoms with van der Waals surface area (Å²) in [5.41, 5.74) is 19.4. The summed E-state index contributed by atoms with van der Waals surface area (Å²) in [5.74, 6) is 1.02. The highest BCUT2D eigenvalue weighted by molar-refractivity contribution is 6.12. The van der Waals surface area contributed by atoms with Gasteiger partial charge in [-0.25, -0.2) is 4.99 Å². The number of benzene rings is 6. The molecule has 0 saturated carbocycles. The minimum Gasteiger partial charge on any atom is -0.370 e. The number of nitrogens with one attached hydrogen (secondary N) is 1. The Bertz CT molecular complexity index is 2500. The van der Waals surface area contributed by atoms with Crippen molar-refractivity contribution in [2.75, 3.05) is 0 Å². The third-order valence-electron chi connectivity index (χ3n) is 13.0. The third-order valence-corrected chi connectivity index (χ3v) is 13.0. The number of hydrogen-bond acceptors (Lipinski definition) is 2. The molecule has 2 heteroatoms. The first-order valence-corrected chi connectivity index (χ1v) is 19.6. The monoisotopic (exact) mass is 698 g/mol. The van der Waals surface area contributed by atoms with Gasteiger partial charge in [-0.15, -0.1) is 0 Å². The fourth-order valence-corrected chi connectivity index (χ4v) is 10.1. The molecule has 4 aliphatic rings. The average Bonchev–Trinajstić information content (AvgIpc) is 3.59. The number of allylic oxidation sites excluding steroid dienone is 2. The Hall–Kier alpha value is -5.73. The van der Waals surface area contributed by atoms with Crippen molar-refractivity contribution in [3.05, 3.63) is 208 Å². The molecule has 1 aliphatic heterocycles. The summed E-state index contributed by atoms with van der Waals surface area (Å²) in [6.07, 6.45) is 4.90. The standard InChI is InChI=1S/C52H46N2/c1-51(2)43-23-15-14-22-39(43)41-31-42-40-29-28-38(30-44(40)52(3,4)46(42)32-45(41)51)33-24-26-37(27-25-33)50-49(36-20-12-7-13-21-36)53-47(34-16-8-5-9-17-34)48(54-50)35-18-10-6-11-19-35/h5-27,30-32,40,44,47,53H,28-29H2,1-4H3. The zero-order valence-corrected chi connectivity index (χ0v) is 31.6. The summed E-state index contributed by atoms with van der Waals surface area (Å²) in [6.45, 7) is 9.77. The number of hydrogen-bond donors (Lipinski definition) is 1. The molecule has 264 valence electrons. The summed E-state index contributed by atoms with van der Waals surface area (Å²) in [5, 5.41) is 3.97. The molecule has 1 N–H and O–H groups in total. The van der Waals surface area contributed by atoms with Gasteiger partial charge in [-0.1, -0.05) is 185 Å². The van der Waals surface area contributed by atoms with Crippen molar-refractivity contribution < 1.29 is 0 Å². The van der Waals surface area contributed by atoms with Gasteiger partial charge in [-0.2, -0.15) is 0 Å². The molecule has 3 unspecified atom stereocenters. The molecule has 0 bridgehead atoms.